The maximum Gasteiger partial charge on any atom is 0.122 e. The van der Waals surface area contributed by atoms with Crippen LogP contribution < -0.4 is 10.1 Å². The van der Waals surface area contributed by atoms with E-state index in [9.17, 15) is 0 Å². The molecular weight excluding hydrogens is 262 g/mol. The molecule has 21 heavy (non-hydrogen) atoms. The largest absolute Gasteiger partial charge is 0.493 e. The molecule has 2 heterocycles. The Morgan fingerprint density at radius 2 is 2.33 bits per heavy atom. The number of aryl methyl sites for hydroxylation is 2. The van der Waals surface area contributed by atoms with Gasteiger partial charge in [-0.15, -0.1) is 0 Å². The molecule has 0 fully saturated rings. The average molecular weight is 285 g/mol. The van der Waals surface area contributed by atoms with E-state index >= 15 is 0 Å². The SMILES string of the molecule is CCNC(CCc1nccn1C)c1ccc2c(c1)CCO2. The summed E-state index contributed by atoms with van der Waals surface area (Å²) < 4.78 is 7.69. The predicted octanol–water partition coefficient (Wildman–Crippen LogP) is 2.64. The summed E-state index contributed by atoms with van der Waals surface area (Å²) in [6.07, 6.45) is 6.93. The first kappa shape index (κ1) is 14.1. The topological polar surface area (TPSA) is 39.1 Å². The van der Waals surface area contributed by atoms with Gasteiger partial charge < -0.3 is 14.6 Å². The monoisotopic (exact) mass is 285 g/mol. The van der Waals surface area contributed by atoms with E-state index in [1.807, 2.05) is 12.4 Å². The zero-order chi connectivity index (χ0) is 14.7. The Morgan fingerprint density at radius 1 is 1.43 bits per heavy atom. The van der Waals surface area contributed by atoms with Crippen LogP contribution in [0.1, 0.15) is 36.3 Å². The smallest absolute Gasteiger partial charge is 0.122 e. The number of benzene rings is 1. The number of ether oxygens (including phenoxy) is 1. The van der Waals surface area contributed by atoms with Crippen LogP contribution in [0.2, 0.25) is 0 Å². The van der Waals surface area contributed by atoms with E-state index < -0.39 is 0 Å². The molecule has 2 aromatic rings. The fourth-order valence-corrected chi connectivity index (χ4v) is 2.97. The van der Waals surface area contributed by atoms with Gasteiger partial charge in [-0.25, -0.2) is 4.98 Å². The maximum absolute atomic E-state index is 5.59. The summed E-state index contributed by atoms with van der Waals surface area (Å²) in [6.45, 7) is 3.95. The quantitative estimate of drug-likeness (QED) is 0.887. The van der Waals surface area contributed by atoms with Crippen molar-refractivity contribution in [2.75, 3.05) is 13.2 Å². The summed E-state index contributed by atoms with van der Waals surface area (Å²) in [7, 11) is 2.05. The molecule has 1 unspecified atom stereocenters. The van der Waals surface area contributed by atoms with Gasteiger partial charge in [0, 0.05) is 38.3 Å². The van der Waals surface area contributed by atoms with E-state index in [1.54, 1.807) is 0 Å². The van der Waals surface area contributed by atoms with Crippen molar-refractivity contribution >= 4 is 0 Å². The van der Waals surface area contributed by atoms with Gasteiger partial charge in [0.2, 0.25) is 0 Å². The van der Waals surface area contributed by atoms with Gasteiger partial charge in [-0.1, -0.05) is 19.1 Å². The lowest BCUT2D eigenvalue weighted by molar-refractivity contribution is 0.356. The van der Waals surface area contributed by atoms with E-state index in [0.29, 0.717) is 6.04 Å². The van der Waals surface area contributed by atoms with Crippen molar-refractivity contribution in [3.05, 3.63) is 47.5 Å². The number of nitrogens with one attached hydrogen (secondary N) is 1. The van der Waals surface area contributed by atoms with Crippen LogP contribution in [0.5, 0.6) is 5.75 Å². The molecule has 4 nitrogen and oxygen atoms in total. The molecule has 1 aromatic carbocycles. The van der Waals surface area contributed by atoms with E-state index in [0.717, 1.165) is 44.0 Å². The molecule has 0 spiro atoms. The van der Waals surface area contributed by atoms with Crippen molar-refractivity contribution < 1.29 is 4.74 Å². The summed E-state index contributed by atoms with van der Waals surface area (Å²) in [5.74, 6) is 2.19. The standard InChI is InChI=1S/C17H23N3O/c1-3-18-15(5-7-17-19-9-10-20(17)2)13-4-6-16-14(12-13)8-11-21-16/h4,6,9-10,12,15,18H,3,5,7-8,11H2,1-2H3. The molecular formula is C17H23N3O. The second kappa shape index (κ2) is 6.31. The Hall–Kier alpha value is -1.81. The normalized spacial score (nSPS) is 14.8. The Labute approximate surface area is 126 Å². The molecule has 4 heteroatoms. The second-order valence-electron chi connectivity index (χ2n) is 5.57. The lowest BCUT2D eigenvalue weighted by atomic mass is 9.98. The van der Waals surface area contributed by atoms with Crippen LogP contribution in [-0.2, 0) is 19.9 Å². The van der Waals surface area contributed by atoms with Gasteiger partial charge in [0.1, 0.15) is 11.6 Å². The molecule has 1 aliphatic rings. The highest BCUT2D eigenvalue weighted by Crippen LogP contribution is 2.29. The van der Waals surface area contributed by atoms with E-state index in [1.165, 1.54) is 11.1 Å². The molecule has 1 aromatic heterocycles. The van der Waals surface area contributed by atoms with Crippen LogP contribution in [-0.4, -0.2) is 22.7 Å². The molecule has 0 amide bonds. The van der Waals surface area contributed by atoms with Crippen LogP contribution in [0.15, 0.2) is 30.6 Å². The minimum absolute atomic E-state index is 0.373. The summed E-state index contributed by atoms with van der Waals surface area (Å²) >= 11 is 0. The number of imidazole rings is 1. The van der Waals surface area contributed by atoms with Gasteiger partial charge in [0.25, 0.3) is 0 Å². The first-order valence-electron chi connectivity index (χ1n) is 7.73. The van der Waals surface area contributed by atoms with Gasteiger partial charge in [-0.3, -0.25) is 0 Å². The molecule has 3 rings (SSSR count). The van der Waals surface area contributed by atoms with Crippen LogP contribution >= 0.6 is 0 Å². The van der Waals surface area contributed by atoms with Gasteiger partial charge in [-0.2, -0.15) is 0 Å². The van der Waals surface area contributed by atoms with Gasteiger partial charge in [0.05, 0.1) is 6.61 Å². The number of fused-ring (bicyclic) bond motifs is 1. The molecule has 0 saturated carbocycles. The predicted molar refractivity (Wildman–Crippen MR) is 83.6 cm³/mol. The maximum atomic E-state index is 5.59. The summed E-state index contributed by atoms with van der Waals surface area (Å²) in [5, 5.41) is 3.59. The van der Waals surface area contributed by atoms with E-state index in [-0.39, 0.29) is 0 Å². The minimum atomic E-state index is 0.373. The Balaban J connectivity index is 1.73. The number of hydrogen-bond acceptors (Lipinski definition) is 3. The van der Waals surface area contributed by atoms with Crippen molar-refractivity contribution in [2.45, 2.75) is 32.2 Å². The fourth-order valence-electron chi connectivity index (χ4n) is 2.97. The number of aromatic nitrogens is 2. The molecule has 112 valence electrons. The minimum Gasteiger partial charge on any atom is -0.493 e. The van der Waals surface area contributed by atoms with Crippen LogP contribution in [0.3, 0.4) is 0 Å². The molecule has 0 radical (unpaired) electrons. The summed E-state index contributed by atoms with van der Waals surface area (Å²) in [6, 6.07) is 6.98. The Morgan fingerprint density at radius 3 is 3.10 bits per heavy atom. The van der Waals surface area contributed by atoms with Crippen LogP contribution in [0.4, 0.5) is 0 Å². The molecule has 1 aliphatic heterocycles. The van der Waals surface area contributed by atoms with Gasteiger partial charge >= 0.3 is 0 Å². The van der Waals surface area contributed by atoms with Gasteiger partial charge in [-0.05, 0) is 30.2 Å². The van der Waals surface area contributed by atoms with Crippen LogP contribution in [0.25, 0.3) is 0 Å². The molecule has 0 aliphatic carbocycles. The summed E-state index contributed by atoms with van der Waals surface area (Å²) in [4.78, 5) is 4.41. The van der Waals surface area contributed by atoms with E-state index in [4.69, 9.17) is 4.74 Å². The summed E-state index contributed by atoms with van der Waals surface area (Å²) in [5.41, 5.74) is 2.70. The zero-order valence-electron chi connectivity index (χ0n) is 12.8. The Bertz CT molecular complexity index is 606. The average Bonchev–Trinajstić information content (AvgIpc) is 3.11. The highest BCUT2D eigenvalue weighted by molar-refractivity contribution is 5.40. The lowest BCUT2D eigenvalue weighted by Gasteiger charge is -2.19. The number of hydrogen-bond donors (Lipinski definition) is 1. The van der Waals surface area contributed by atoms with Crippen molar-refractivity contribution in [3.63, 3.8) is 0 Å². The number of nitrogens with zero attached hydrogens (tertiary/aromatic N) is 2. The Kier molecular flexibility index (Phi) is 4.25. The lowest BCUT2D eigenvalue weighted by Crippen LogP contribution is -2.22. The van der Waals surface area contributed by atoms with Crippen LogP contribution in [0, 0.1) is 0 Å². The third-order valence-electron chi connectivity index (χ3n) is 4.14. The zero-order valence-corrected chi connectivity index (χ0v) is 12.8. The second-order valence-corrected chi connectivity index (χ2v) is 5.57. The van der Waals surface area contributed by atoms with Crippen molar-refractivity contribution in [2.24, 2.45) is 7.05 Å². The van der Waals surface area contributed by atoms with Crippen molar-refractivity contribution in [1.29, 1.82) is 0 Å². The molecule has 0 bridgehead atoms. The van der Waals surface area contributed by atoms with Crippen molar-refractivity contribution in [1.82, 2.24) is 14.9 Å². The fraction of sp³-hybridized carbons (Fsp3) is 0.471. The first-order chi connectivity index (χ1) is 10.3. The third kappa shape index (κ3) is 3.10. The highest BCUT2D eigenvalue weighted by Gasteiger charge is 2.17. The molecule has 0 saturated heterocycles. The van der Waals surface area contributed by atoms with Crippen molar-refractivity contribution in [3.8, 4) is 5.75 Å². The highest BCUT2D eigenvalue weighted by atomic mass is 16.5. The van der Waals surface area contributed by atoms with E-state index in [2.05, 4.69) is 47.0 Å². The third-order valence-corrected chi connectivity index (χ3v) is 4.14. The van der Waals surface area contributed by atoms with Gasteiger partial charge in [0.15, 0.2) is 0 Å². The molecule has 1 atom stereocenters. The number of rotatable bonds is 6. The molecule has 1 N–H and O–H groups in total. The first-order valence-corrected chi connectivity index (χ1v) is 7.73.